The largest absolute Gasteiger partial charge is 0.507 e. The van der Waals surface area contributed by atoms with Crippen LogP contribution in [0.4, 0.5) is 0 Å². The van der Waals surface area contributed by atoms with Gasteiger partial charge < -0.3 is 15.3 Å². The Hall–Kier alpha value is -1.28. The summed E-state index contributed by atoms with van der Waals surface area (Å²) in [6.45, 7) is 11.8. The second-order valence-corrected chi connectivity index (χ2v) is 7.06. The van der Waals surface area contributed by atoms with Gasteiger partial charge in [-0.1, -0.05) is 24.3 Å². The predicted molar refractivity (Wildman–Crippen MR) is 119 cm³/mol. The van der Waals surface area contributed by atoms with Crippen LogP contribution in [-0.2, 0) is 6.54 Å². The highest BCUT2D eigenvalue weighted by Crippen LogP contribution is 2.23. The van der Waals surface area contributed by atoms with Crippen LogP contribution in [0.3, 0.4) is 0 Å². The van der Waals surface area contributed by atoms with Gasteiger partial charge in [0.2, 0.25) is 0 Å². The number of aromatic hydroxyl groups is 1. The third kappa shape index (κ3) is 4.91. The number of aliphatic imine (C=N–C) groups is 1. The van der Waals surface area contributed by atoms with Crippen LogP contribution >= 0.6 is 24.0 Å². The highest BCUT2D eigenvalue weighted by atomic mass is 127. The van der Waals surface area contributed by atoms with Gasteiger partial charge in [0, 0.05) is 38.8 Å². The van der Waals surface area contributed by atoms with Gasteiger partial charge in [0.05, 0.1) is 6.54 Å². The molecule has 5 nitrogen and oxygen atoms in total. The lowest BCUT2D eigenvalue weighted by molar-refractivity contribution is 0.259. The summed E-state index contributed by atoms with van der Waals surface area (Å²) in [5, 5.41) is 13.4. The van der Waals surface area contributed by atoms with Crippen molar-refractivity contribution in [2.75, 3.05) is 32.7 Å². The maximum Gasteiger partial charge on any atom is 0.194 e. The molecule has 2 heterocycles. The first-order chi connectivity index (χ1) is 12.1. The van der Waals surface area contributed by atoms with Crippen LogP contribution in [0.1, 0.15) is 30.0 Å². The minimum absolute atomic E-state index is 0. The van der Waals surface area contributed by atoms with E-state index < -0.39 is 0 Å². The first kappa shape index (κ1) is 21.0. The number of guanidine groups is 1. The molecule has 1 unspecified atom stereocenters. The summed E-state index contributed by atoms with van der Waals surface area (Å²) in [5.74, 6) is 1.39. The summed E-state index contributed by atoms with van der Waals surface area (Å²) in [7, 11) is 0. The first-order valence-corrected chi connectivity index (χ1v) is 9.30. The van der Waals surface area contributed by atoms with Gasteiger partial charge in [-0.2, -0.15) is 0 Å². The second kappa shape index (κ2) is 9.60. The summed E-state index contributed by atoms with van der Waals surface area (Å²) < 4.78 is 0. The average Bonchev–Trinajstić information content (AvgIpc) is 3.27. The van der Waals surface area contributed by atoms with E-state index in [2.05, 4.69) is 34.2 Å². The normalized spacial score (nSPS) is 20.5. The van der Waals surface area contributed by atoms with Crippen LogP contribution in [0.25, 0.3) is 0 Å². The fraction of sp³-hybridized carbons (Fsp3) is 0.550. The van der Waals surface area contributed by atoms with Crippen molar-refractivity contribution in [2.45, 2.75) is 39.8 Å². The van der Waals surface area contributed by atoms with Gasteiger partial charge in [0.25, 0.3) is 0 Å². The molecule has 0 saturated carbocycles. The minimum Gasteiger partial charge on any atom is -0.507 e. The third-order valence-corrected chi connectivity index (χ3v) is 5.12. The Kier molecular flexibility index (Phi) is 7.76. The SMILES string of the molecule is CCNC(=NCc1cc(C)c(O)c(C)c1)N1CCC(N2CC=CC2)C1.I. The highest BCUT2D eigenvalue weighted by Gasteiger charge is 2.29. The van der Waals surface area contributed by atoms with Crippen molar-refractivity contribution in [3.63, 3.8) is 0 Å². The molecule has 144 valence electrons. The Bertz CT molecular complexity index is 643. The molecule has 0 aromatic heterocycles. The molecule has 0 bridgehead atoms. The first-order valence-electron chi connectivity index (χ1n) is 9.30. The monoisotopic (exact) mass is 470 g/mol. The van der Waals surface area contributed by atoms with Gasteiger partial charge in [-0.05, 0) is 43.9 Å². The standard InChI is InChI=1S/C20H30N4O.HI/c1-4-21-20(22-13-17-11-15(2)19(25)16(3)12-17)24-10-7-18(14-24)23-8-5-6-9-23;/h5-6,11-12,18,25H,4,7-10,13-14H2,1-3H3,(H,21,22);1H. The zero-order valence-electron chi connectivity index (χ0n) is 16.0. The Morgan fingerprint density at radius 3 is 2.50 bits per heavy atom. The number of rotatable bonds is 4. The van der Waals surface area contributed by atoms with E-state index >= 15 is 0 Å². The van der Waals surface area contributed by atoms with Crippen LogP contribution < -0.4 is 5.32 Å². The van der Waals surface area contributed by atoms with E-state index in [1.54, 1.807) is 0 Å². The molecule has 2 N–H and O–H groups in total. The highest BCUT2D eigenvalue weighted by molar-refractivity contribution is 14.0. The van der Waals surface area contributed by atoms with Crippen LogP contribution in [-0.4, -0.2) is 59.6 Å². The maximum atomic E-state index is 9.93. The Labute approximate surface area is 174 Å². The van der Waals surface area contributed by atoms with Gasteiger partial charge in [0.1, 0.15) is 5.75 Å². The summed E-state index contributed by atoms with van der Waals surface area (Å²) in [6.07, 6.45) is 5.72. The Morgan fingerprint density at radius 2 is 1.88 bits per heavy atom. The van der Waals surface area contributed by atoms with Gasteiger partial charge in [-0.25, -0.2) is 4.99 Å². The van der Waals surface area contributed by atoms with Crippen molar-refractivity contribution in [1.82, 2.24) is 15.1 Å². The molecule has 0 aliphatic carbocycles. The molecular formula is C20H31IN4O. The maximum absolute atomic E-state index is 9.93. The zero-order chi connectivity index (χ0) is 17.8. The average molecular weight is 470 g/mol. The number of phenolic OH excluding ortho intramolecular Hbond substituents is 1. The van der Waals surface area contributed by atoms with Gasteiger partial charge in [-0.3, -0.25) is 4.90 Å². The predicted octanol–water partition coefficient (Wildman–Crippen LogP) is 3.04. The van der Waals surface area contributed by atoms with Crippen LogP contribution in [0, 0.1) is 13.8 Å². The smallest absolute Gasteiger partial charge is 0.194 e. The number of phenols is 1. The van der Waals surface area contributed by atoms with Crippen LogP contribution in [0.15, 0.2) is 29.3 Å². The van der Waals surface area contributed by atoms with Crippen molar-refractivity contribution in [3.8, 4) is 5.75 Å². The fourth-order valence-corrected chi connectivity index (χ4v) is 3.75. The van der Waals surface area contributed by atoms with E-state index in [4.69, 9.17) is 4.99 Å². The number of nitrogens with one attached hydrogen (secondary N) is 1. The van der Waals surface area contributed by atoms with Crippen molar-refractivity contribution < 1.29 is 5.11 Å². The number of halogens is 1. The van der Waals surface area contributed by atoms with Crippen LogP contribution in [0.5, 0.6) is 5.75 Å². The Morgan fingerprint density at radius 1 is 1.23 bits per heavy atom. The number of nitrogens with zero attached hydrogens (tertiary/aromatic N) is 3. The topological polar surface area (TPSA) is 51.1 Å². The van der Waals surface area contributed by atoms with Gasteiger partial charge in [0.15, 0.2) is 5.96 Å². The lowest BCUT2D eigenvalue weighted by Gasteiger charge is -2.25. The van der Waals surface area contributed by atoms with E-state index in [0.29, 0.717) is 18.3 Å². The summed E-state index contributed by atoms with van der Waals surface area (Å²) in [5.41, 5.74) is 2.97. The number of hydrogen-bond donors (Lipinski definition) is 2. The number of hydrogen-bond acceptors (Lipinski definition) is 3. The molecular weight excluding hydrogens is 439 g/mol. The number of likely N-dealkylation sites (tertiary alicyclic amines) is 1. The fourth-order valence-electron chi connectivity index (χ4n) is 3.75. The molecule has 1 saturated heterocycles. The molecule has 2 aliphatic heterocycles. The Balaban J connectivity index is 0.00000243. The molecule has 2 aliphatic rings. The van der Waals surface area contributed by atoms with E-state index in [9.17, 15) is 5.11 Å². The van der Waals surface area contributed by atoms with Crippen molar-refractivity contribution in [2.24, 2.45) is 4.99 Å². The molecule has 1 fully saturated rings. The summed E-state index contributed by atoms with van der Waals surface area (Å²) in [6, 6.07) is 4.67. The van der Waals surface area contributed by atoms with E-state index in [1.165, 1.54) is 6.42 Å². The molecule has 3 rings (SSSR count). The van der Waals surface area contributed by atoms with Crippen molar-refractivity contribution in [3.05, 3.63) is 41.0 Å². The molecule has 0 spiro atoms. The van der Waals surface area contributed by atoms with Crippen molar-refractivity contribution >= 4 is 29.9 Å². The minimum atomic E-state index is 0. The van der Waals surface area contributed by atoms with Gasteiger partial charge in [-0.15, -0.1) is 24.0 Å². The molecule has 1 atom stereocenters. The lowest BCUT2D eigenvalue weighted by Crippen LogP contribution is -2.42. The van der Waals surface area contributed by atoms with Crippen molar-refractivity contribution in [1.29, 1.82) is 0 Å². The van der Waals surface area contributed by atoms with Crippen LogP contribution in [0.2, 0.25) is 0 Å². The molecule has 26 heavy (non-hydrogen) atoms. The molecule has 0 radical (unpaired) electrons. The molecule has 6 heteroatoms. The summed E-state index contributed by atoms with van der Waals surface area (Å²) >= 11 is 0. The third-order valence-electron chi connectivity index (χ3n) is 5.12. The van der Waals surface area contributed by atoms with E-state index in [0.717, 1.165) is 55.4 Å². The second-order valence-electron chi connectivity index (χ2n) is 7.06. The van der Waals surface area contributed by atoms with Gasteiger partial charge >= 0.3 is 0 Å². The van der Waals surface area contributed by atoms with E-state index in [-0.39, 0.29) is 24.0 Å². The number of aryl methyl sites for hydroxylation is 2. The van der Waals surface area contributed by atoms with E-state index in [1.807, 2.05) is 26.0 Å². The lowest BCUT2D eigenvalue weighted by atomic mass is 10.1. The zero-order valence-corrected chi connectivity index (χ0v) is 18.4. The number of benzene rings is 1. The molecule has 1 aromatic carbocycles. The quantitative estimate of drug-likeness (QED) is 0.308. The molecule has 0 amide bonds. The summed E-state index contributed by atoms with van der Waals surface area (Å²) in [4.78, 5) is 9.77. The molecule has 1 aromatic rings.